The third kappa shape index (κ3) is 5.73. The van der Waals surface area contributed by atoms with E-state index in [9.17, 15) is 14.4 Å². The fourth-order valence-corrected chi connectivity index (χ4v) is 2.27. The average Bonchev–Trinajstić information content (AvgIpc) is 2.72. The molecule has 3 amide bonds. The summed E-state index contributed by atoms with van der Waals surface area (Å²) in [5.74, 6) is -0.265. The Balaban J connectivity index is 2.42. The first-order chi connectivity index (χ1) is 9.60. The van der Waals surface area contributed by atoms with Crippen molar-refractivity contribution in [1.29, 1.82) is 0 Å². The first kappa shape index (κ1) is 17.5. The number of ether oxygens (including phenoxy) is 1. The molecule has 0 aliphatic carbocycles. The molecular weight excluding hydrogens is 272 g/mol. The summed E-state index contributed by atoms with van der Waals surface area (Å²) < 4.78 is 5.26. The summed E-state index contributed by atoms with van der Waals surface area (Å²) in [5.41, 5.74) is -0.535. The number of hydrogen-bond acceptors (Lipinski definition) is 4. The maximum Gasteiger partial charge on any atom is 0.410 e. The molecule has 1 unspecified atom stereocenters. The molecule has 1 rings (SSSR count). The SMILES string of the molecule is CC(CC(=O)N1CCCC1=O)CN(C)C(=O)OC(C)(C)C. The molecule has 120 valence electrons. The number of carbonyl (C=O) groups is 3. The molecule has 0 spiro atoms. The normalized spacial score (nSPS) is 16.8. The van der Waals surface area contributed by atoms with Gasteiger partial charge >= 0.3 is 6.09 Å². The molecule has 0 aromatic rings. The van der Waals surface area contributed by atoms with Crippen LogP contribution < -0.4 is 0 Å². The Morgan fingerprint density at radius 1 is 1.38 bits per heavy atom. The molecule has 21 heavy (non-hydrogen) atoms. The lowest BCUT2D eigenvalue weighted by atomic mass is 10.1. The van der Waals surface area contributed by atoms with Gasteiger partial charge in [-0.2, -0.15) is 0 Å². The largest absolute Gasteiger partial charge is 0.444 e. The molecule has 1 fully saturated rings. The van der Waals surface area contributed by atoms with E-state index in [0.717, 1.165) is 6.42 Å². The van der Waals surface area contributed by atoms with Crippen LogP contribution in [-0.2, 0) is 14.3 Å². The number of carbonyl (C=O) groups excluding carboxylic acids is 3. The number of amides is 3. The zero-order chi connectivity index (χ0) is 16.2. The van der Waals surface area contributed by atoms with Crippen LogP contribution in [0.3, 0.4) is 0 Å². The third-order valence-corrected chi connectivity index (χ3v) is 3.19. The van der Waals surface area contributed by atoms with Crippen LogP contribution in [0.15, 0.2) is 0 Å². The maximum atomic E-state index is 12.0. The fraction of sp³-hybridized carbons (Fsp3) is 0.800. The van der Waals surface area contributed by atoms with Crippen LogP contribution in [0.5, 0.6) is 0 Å². The van der Waals surface area contributed by atoms with Crippen molar-refractivity contribution in [2.24, 2.45) is 5.92 Å². The number of hydrogen-bond donors (Lipinski definition) is 0. The minimum Gasteiger partial charge on any atom is -0.444 e. The van der Waals surface area contributed by atoms with Crippen molar-refractivity contribution >= 4 is 17.9 Å². The molecule has 1 atom stereocenters. The highest BCUT2D eigenvalue weighted by molar-refractivity contribution is 5.96. The van der Waals surface area contributed by atoms with Gasteiger partial charge in [0.15, 0.2) is 0 Å². The second kappa shape index (κ2) is 6.91. The molecule has 0 bridgehead atoms. The lowest BCUT2D eigenvalue weighted by molar-refractivity contribution is -0.142. The van der Waals surface area contributed by atoms with E-state index < -0.39 is 11.7 Å². The van der Waals surface area contributed by atoms with Crippen molar-refractivity contribution in [2.75, 3.05) is 20.1 Å². The highest BCUT2D eigenvalue weighted by Gasteiger charge is 2.28. The van der Waals surface area contributed by atoms with E-state index in [1.54, 1.807) is 7.05 Å². The smallest absolute Gasteiger partial charge is 0.410 e. The monoisotopic (exact) mass is 298 g/mol. The summed E-state index contributed by atoms with van der Waals surface area (Å²) in [6.07, 6.45) is 1.06. The van der Waals surface area contributed by atoms with E-state index in [2.05, 4.69) is 0 Å². The topological polar surface area (TPSA) is 66.9 Å². The second-order valence-electron chi connectivity index (χ2n) is 6.71. The van der Waals surface area contributed by atoms with Gasteiger partial charge in [-0.3, -0.25) is 14.5 Å². The van der Waals surface area contributed by atoms with Crippen LogP contribution >= 0.6 is 0 Å². The molecule has 1 saturated heterocycles. The van der Waals surface area contributed by atoms with Gasteiger partial charge in [-0.15, -0.1) is 0 Å². The highest BCUT2D eigenvalue weighted by Crippen LogP contribution is 2.15. The quantitative estimate of drug-likeness (QED) is 0.796. The fourth-order valence-electron chi connectivity index (χ4n) is 2.27. The van der Waals surface area contributed by atoms with Crippen molar-refractivity contribution in [1.82, 2.24) is 9.80 Å². The lowest BCUT2D eigenvalue weighted by Crippen LogP contribution is -2.38. The van der Waals surface area contributed by atoms with Gasteiger partial charge in [0.05, 0.1) is 0 Å². The Morgan fingerprint density at radius 3 is 2.48 bits per heavy atom. The van der Waals surface area contributed by atoms with Gasteiger partial charge in [-0.25, -0.2) is 4.79 Å². The molecule has 0 saturated carbocycles. The molecule has 0 N–H and O–H groups in total. The highest BCUT2D eigenvalue weighted by atomic mass is 16.6. The minimum absolute atomic E-state index is 0.0246. The molecule has 0 aromatic carbocycles. The summed E-state index contributed by atoms with van der Waals surface area (Å²) in [6, 6.07) is 0. The summed E-state index contributed by atoms with van der Waals surface area (Å²) in [6.45, 7) is 8.26. The molecule has 1 heterocycles. The van der Waals surface area contributed by atoms with Crippen LogP contribution in [-0.4, -0.2) is 53.4 Å². The van der Waals surface area contributed by atoms with Crippen molar-refractivity contribution < 1.29 is 19.1 Å². The zero-order valence-electron chi connectivity index (χ0n) is 13.6. The Labute approximate surface area is 126 Å². The Kier molecular flexibility index (Phi) is 5.75. The summed E-state index contributed by atoms with van der Waals surface area (Å²) in [7, 11) is 1.65. The van der Waals surface area contributed by atoms with Crippen LogP contribution in [0.1, 0.15) is 47.0 Å². The van der Waals surface area contributed by atoms with E-state index in [1.807, 2.05) is 27.7 Å². The zero-order valence-corrected chi connectivity index (χ0v) is 13.6. The first-order valence-electron chi connectivity index (χ1n) is 7.37. The van der Waals surface area contributed by atoms with Crippen LogP contribution in [0.2, 0.25) is 0 Å². The average molecular weight is 298 g/mol. The molecule has 1 aliphatic heterocycles. The predicted octanol–water partition coefficient (Wildman–Crippen LogP) is 2.03. The van der Waals surface area contributed by atoms with Crippen LogP contribution in [0.4, 0.5) is 4.79 Å². The van der Waals surface area contributed by atoms with E-state index in [1.165, 1.54) is 9.80 Å². The van der Waals surface area contributed by atoms with Crippen LogP contribution in [0, 0.1) is 5.92 Å². The minimum atomic E-state index is -0.535. The van der Waals surface area contributed by atoms with Gasteiger partial charge in [-0.05, 0) is 33.1 Å². The lowest BCUT2D eigenvalue weighted by Gasteiger charge is -2.26. The van der Waals surface area contributed by atoms with E-state index >= 15 is 0 Å². The Morgan fingerprint density at radius 2 is 2.00 bits per heavy atom. The van der Waals surface area contributed by atoms with Crippen molar-refractivity contribution in [3.63, 3.8) is 0 Å². The first-order valence-corrected chi connectivity index (χ1v) is 7.37. The second-order valence-corrected chi connectivity index (χ2v) is 6.71. The number of imide groups is 1. The van der Waals surface area contributed by atoms with Gasteiger partial charge in [-0.1, -0.05) is 6.92 Å². The van der Waals surface area contributed by atoms with E-state index in [-0.39, 0.29) is 24.2 Å². The van der Waals surface area contributed by atoms with E-state index in [0.29, 0.717) is 19.5 Å². The Bertz CT molecular complexity index is 414. The summed E-state index contributed by atoms with van der Waals surface area (Å²) in [5, 5.41) is 0. The van der Waals surface area contributed by atoms with Gasteiger partial charge in [0, 0.05) is 33.0 Å². The Hall–Kier alpha value is -1.59. The van der Waals surface area contributed by atoms with Gasteiger partial charge in [0.2, 0.25) is 11.8 Å². The molecule has 0 radical (unpaired) electrons. The molecule has 6 heteroatoms. The summed E-state index contributed by atoms with van der Waals surface area (Å²) in [4.78, 5) is 38.2. The molecule has 1 aliphatic rings. The number of rotatable bonds is 4. The predicted molar refractivity (Wildman–Crippen MR) is 78.6 cm³/mol. The van der Waals surface area contributed by atoms with Crippen molar-refractivity contribution in [3.05, 3.63) is 0 Å². The van der Waals surface area contributed by atoms with Gasteiger partial charge < -0.3 is 9.64 Å². The molecule has 0 aromatic heterocycles. The molecular formula is C15H26N2O4. The number of nitrogens with zero attached hydrogens (tertiary/aromatic N) is 2. The third-order valence-electron chi connectivity index (χ3n) is 3.19. The van der Waals surface area contributed by atoms with E-state index in [4.69, 9.17) is 4.74 Å². The summed E-state index contributed by atoms with van der Waals surface area (Å²) >= 11 is 0. The standard InChI is InChI=1S/C15H26N2O4/c1-11(9-13(19)17-8-6-7-12(17)18)10-16(5)14(20)21-15(2,3)4/h11H,6-10H2,1-5H3. The van der Waals surface area contributed by atoms with Gasteiger partial charge in [0.1, 0.15) is 5.60 Å². The van der Waals surface area contributed by atoms with Crippen molar-refractivity contribution in [2.45, 2.75) is 52.6 Å². The van der Waals surface area contributed by atoms with Gasteiger partial charge in [0.25, 0.3) is 0 Å². The van der Waals surface area contributed by atoms with Crippen molar-refractivity contribution in [3.8, 4) is 0 Å². The maximum absolute atomic E-state index is 12.0. The van der Waals surface area contributed by atoms with Crippen LogP contribution in [0.25, 0.3) is 0 Å². The number of likely N-dealkylation sites (tertiary alicyclic amines) is 1. The molecule has 6 nitrogen and oxygen atoms in total.